The summed E-state index contributed by atoms with van der Waals surface area (Å²) < 4.78 is 14.9. The molecule has 1 aliphatic rings. The van der Waals surface area contributed by atoms with Crippen molar-refractivity contribution in [2.45, 2.75) is 37.1 Å². The minimum Gasteiger partial charge on any atom is -0.493 e. The molecule has 0 radical (unpaired) electrons. The Hall–Kier alpha value is -3.29. The molecule has 1 aliphatic heterocycles. The lowest BCUT2D eigenvalue weighted by molar-refractivity contribution is -0.139. The Labute approximate surface area is 242 Å². The minimum atomic E-state index is -0.658. The second kappa shape index (κ2) is 12.7. The van der Waals surface area contributed by atoms with Gasteiger partial charge in [-0.25, -0.2) is 4.79 Å². The van der Waals surface area contributed by atoms with Gasteiger partial charge in [0.1, 0.15) is 16.8 Å². The first-order valence-corrected chi connectivity index (χ1v) is 15.1. The number of hydrogen-bond acceptors (Lipinski definition) is 11. The second-order valence-electron chi connectivity index (χ2n) is 8.50. The maximum atomic E-state index is 13.5. The number of esters is 1. The zero-order chi connectivity index (χ0) is 27.2. The Morgan fingerprint density at radius 1 is 1.15 bits per heavy atom. The molecule has 2 aromatic heterocycles. The average molecular weight is 629 g/mol. The number of rotatable bonds is 11. The summed E-state index contributed by atoms with van der Waals surface area (Å²) in [6.07, 6.45) is 1.91. The predicted molar refractivity (Wildman–Crippen MR) is 154 cm³/mol. The van der Waals surface area contributed by atoms with Crippen LogP contribution in [0.15, 0.2) is 68.6 Å². The zero-order valence-electron chi connectivity index (χ0n) is 21.3. The van der Waals surface area contributed by atoms with Gasteiger partial charge in [-0.3, -0.25) is 0 Å². The highest BCUT2D eigenvalue weighted by atomic mass is 79.9. The summed E-state index contributed by atoms with van der Waals surface area (Å²) in [6.45, 7) is 4.68. The monoisotopic (exact) mass is 627 g/mol. The number of benzene rings is 2. The number of nitrogens with one attached hydrogen (secondary N) is 1. The van der Waals surface area contributed by atoms with E-state index in [9.17, 15) is 4.79 Å². The van der Waals surface area contributed by atoms with Gasteiger partial charge in [0.05, 0.1) is 18.8 Å². The number of anilines is 1. The van der Waals surface area contributed by atoms with Crippen LogP contribution >= 0.6 is 39.0 Å². The number of ether oxygens (including phenoxy) is 2. The van der Waals surface area contributed by atoms with E-state index in [0.29, 0.717) is 35.3 Å². The molecule has 1 atom stereocenters. The van der Waals surface area contributed by atoms with Gasteiger partial charge in [0.15, 0.2) is 4.34 Å². The first-order chi connectivity index (χ1) is 19.1. The van der Waals surface area contributed by atoms with Crippen molar-refractivity contribution < 1.29 is 14.3 Å². The summed E-state index contributed by atoms with van der Waals surface area (Å²) >= 11 is 6.55. The molecule has 0 fully saturated rings. The smallest absolute Gasteiger partial charge is 0.338 e. The number of carbonyl (C=O) groups is 1. The van der Waals surface area contributed by atoms with E-state index >= 15 is 0 Å². The van der Waals surface area contributed by atoms with Crippen LogP contribution in [-0.4, -0.2) is 55.3 Å². The third-order valence-electron chi connectivity index (χ3n) is 5.88. The molecule has 39 heavy (non-hydrogen) atoms. The molecule has 1 unspecified atom stereocenters. The van der Waals surface area contributed by atoms with E-state index in [2.05, 4.69) is 53.9 Å². The van der Waals surface area contributed by atoms with E-state index in [0.717, 1.165) is 37.8 Å². The zero-order valence-corrected chi connectivity index (χ0v) is 24.6. The minimum absolute atomic E-state index is 0.229. The maximum Gasteiger partial charge on any atom is 0.338 e. The summed E-state index contributed by atoms with van der Waals surface area (Å²) in [5, 5.41) is 25.0. The van der Waals surface area contributed by atoms with Gasteiger partial charge in [-0.2, -0.15) is 4.68 Å². The first-order valence-electron chi connectivity index (χ1n) is 12.5. The molecular formula is C26H26BrN7O3S2. The van der Waals surface area contributed by atoms with Crippen molar-refractivity contribution in [3.63, 3.8) is 0 Å². The Kier molecular flexibility index (Phi) is 8.89. The third-order valence-corrected chi connectivity index (χ3v) is 8.51. The molecule has 0 saturated heterocycles. The van der Waals surface area contributed by atoms with E-state index in [4.69, 9.17) is 9.47 Å². The van der Waals surface area contributed by atoms with E-state index in [1.165, 1.54) is 23.1 Å². The number of halogens is 1. The van der Waals surface area contributed by atoms with Crippen LogP contribution in [-0.2, 0) is 9.53 Å². The molecule has 10 nitrogen and oxygen atoms in total. The predicted octanol–water partition coefficient (Wildman–Crippen LogP) is 5.76. The lowest BCUT2D eigenvalue weighted by Crippen LogP contribution is -2.31. The summed E-state index contributed by atoms with van der Waals surface area (Å²) in [4.78, 5) is 13.5. The largest absolute Gasteiger partial charge is 0.493 e. The number of carbonyl (C=O) groups excluding carboxylic acids is 1. The van der Waals surface area contributed by atoms with E-state index in [-0.39, 0.29) is 6.61 Å². The molecule has 13 heteroatoms. The molecule has 1 N–H and O–H groups in total. The molecule has 0 amide bonds. The SMILES string of the molecule is CCCCOc1ccc(Br)cc1C1C(C(=O)OCC)=C(CSc2nnc(-c3ccccc3)s2)Nc2nnnn21. The number of thioether (sulfide) groups is 1. The molecule has 0 aliphatic carbocycles. The fourth-order valence-corrected chi connectivity index (χ4v) is 6.28. The van der Waals surface area contributed by atoms with Crippen molar-refractivity contribution in [2.24, 2.45) is 0 Å². The third kappa shape index (κ3) is 6.15. The van der Waals surface area contributed by atoms with Gasteiger partial charge in [0.2, 0.25) is 5.95 Å². The van der Waals surface area contributed by atoms with E-state index < -0.39 is 12.0 Å². The summed E-state index contributed by atoms with van der Waals surface area (Å²) in [5.41, 5.74) is 2.81. The van der Waals surface area contributed by atoms with Crippen LogP contribution in [0.5, 0.6) is 5.75 Å². The van der Waals surface area contributed by atoms with Crippen molar-refractivity contribution in [3.05, 3.63) is 69.8 Å². The van der Waals surface area contributed by atoms with E-state index in [1.807, 2.05) is 48.5 Å². The van der Waals surface area contributed by atoms with Crippen LogP contribution in [0.3, 0.4) is 0 Å². The van der Waals surface area contributed by atoms with Gasteiger partial charge in [-0.1, -0.05) is 87.8 Å². The molecule has 4 aromatic rings. The first kappa shape index (κ1) is 27.3. The van der Waals surface area contributed by atoms with Crippen LogP contribution < -0.4 is 10.1 Å². The van der Waals surface area contributed by atoms with Gasteiger partial charge in [0.25, 0.3) is 0 Å². The highest BCUT2D eigenvalue weighted by Gasteiger charge is 2.38. The molecule has 0 bridgehead atoms. The molecule has 2 aromatic carbocycles. The van der Waals surface area contributed by atoms with Gasteiger partial charge in [-0.15, -0.1) is 10.2 Å². The summed E-state index contributed by atoms with van der Waals surface area (Å²) in [5.74, 6) is 1.03. The quantitative estimate of drug-likeness (QED) is 0.125. The number of aromatic nitrogens is 6. The van der Waals surface area contributed by atoms with Gasteiger partial charge in [-0.05, 0) is 42.0 Å². The standard InChI is InChI=1S/C26H26BrN7O3S2/c1-3-5-13-37-20-12-11-17(27)14-18(20)22-21(24(35)36-4-2)19(28-25-30-32-33-34(22)25)15-38-26-31-29-23(39-26)16-9-7-6-8-10-16/h6-12,14,22H,3-5,13,15H2,1-2H3,(H,28,30,33). The molecular weight excluding hydrogens is 602 g/mol. The number of tetrazole rings is 1. The number of unbranched alkanes of at least 4 members (excludes halogenated alkanes) is 1. The van der Waals surface area contributed by atoms with Crippen LogP contribution in [0.25, 0.3) is 10.6 Å². The topological polar surface area (TPSA) is 117 Å². The Morgan fingerprint density at radius 3 is 2.79 bits per heavy atom. The Balaban J connectivity index is 1.52. The maximum absolute atomic E-state index is 13.5. The van der Waals surface area contributed by atoms with Crippen LogP contribution in [0.1, 0.15) is 38.3 Å². The fourth-order valence-electron chi connectivity index (χ4n) is 4.07. The lowest BCUT2D eigenvalue weighted by atomic mass is 9.95. The van der Waals surface area contributed by atoms with Gasteiger partial charge < -0.3 is 14.8 Å². The highest BCUT2D eigenvalue weighted by Crippen LogP contribution is 2.42. The second-order valence-corrected chi connectivity index (χ2v) is 11.6. The van der Waals surface area contributed by atoms with Crippen molar-refractivity contribution in [3.8, 4) is 16.3 Å². The van der Waals surface area contributed by atoms with E-state index in [1.54, 1.807) is 11.6 Å². The molecule has 202 valence electrons. The number of hydrogen-bond donors (Lipinski definition) is 1. The van der Waals surface area contributed by atoms with Gasteiger partial charge in [0, 0.05) is 27.0 Å². The Morgan fingerprint density at radius 2 is 2.00 bits per heavy atom. The fraction of sp³-hybridized carbons (Fsp3) is 0.308. The highest BCUT2D eigenvalue weighted by molar-refractivity contribution is 9.10. The molecule has 0 saturated carbocycles. The normalized spacial score (nSPS) is 14.6. The van der Waals surface area contributed by atoms with Crippen LogP contribution in [0.4, 0.5) is 5.95 Å². The van der Waals surface area contributed by atoms with Gasteiger partial charge >= 0.3 is 5.97 Å². The summed E-state index contributed by atoms with van der Waals surface area (Å²) in [6, 6.07) is 15.0. The van der Waals surface area contributed by atoms with Crippen molar-refractivity contribution >= 4 is 50.9 Å². The van der Waals surface area contributed by atoms with Crippen LogP contribution in [0, 0.1) is 0 Å². The van der Waals surface area contributed by atoms with Crippen molar-refractivity contribution in [1.82, 2.24) is 30.4 Å². The lowest BCUT2D eigenvalue weighted by Gasteiger charge is -2.29. The molecule has 3 heterocycles. The number of fused-ring (bicyclic) bond motifs is 1. The van der Waals surface area contributed by atoms with Crippen LogP contribution in [0.2, 0.25) is 0 Å². The number of nitrogens with zero attached hydrogens (tertiary/aromatic N) is 6. The molecule has 0 spiro atoms. The average Bonchev–Trinajstić information content (AvgIpc) is 3.62. The summed E-state index contributed by atoms with van der Waals surface area (Å²) in [7, 11) is 0. The van der Waals surface area contributed by atoms with Crippen molar-refractivity contribution in [2.75, 3.05) is 24.3 Å². The molecule has 5 rings (SSSR count). The van der Waals surface area contributed by atoms with Crippen molar-refractivity contribution in [1.29, 1.82) is 0 Å². The Bertz CT molecular complexity index is 1480.